The van der Waals surface area contributed by atoms with Crippen LogP contribution in [0.1, 0.15) is 11.1 Å². The minimum absolute atomic E-state index is 0.0406. The standard InChI is InChI=1S/C25H23N3O9S/c29-19(12-15-4-2-1-3-5-15)26-20-22(30)27-21(18(14-38(34)23(20)27)25-35-10-11-36-25)24(31)37-13-16-6-8-17(9-7-16)28(32)33/h1-9,20,23,25H,10-14H2,(H,26,29)/t20?,23-,38?/m0/s1. The summed E-state index contributed by atoms with van der Waals surface area (Å²) < 4.78 is 29.7. The van der Waals surface area contributed by atoms with Gasteiger partial charge in [0, 0.05) is 12.1 Å². The fourth-order valence-electron chi connectivity index (χ4n) is 4.47. The summed E-state index contributed by atoms with van der Waals surface area (Å²) in [6.07, 6.45) is -0.916. The maximum atomic E-state index is 13.2. The van der Waals surface area contributed by atoms with E-state index in [9.17, 15) is 29.1 Å². The third kappa shape index (κ3) is 5.13. The van der Waals surface area contributed by atoms with E-state index in [0.717, 1.165) is 10.5 Å². The molecule has 0 radical (unpaired) electrons. The number of nitrogens with one attached hydrogen (secondary N) is 1. The highest BCUT2D eigenvalue weighted by atomic mass is 32.2. The number of carbonyl (C=O) groups excluding carboxylic acids is 3. The number of nitro groups is 1. The summed E-state index contributed by atoms with van der Waals surface area (Å²) in [6, 6.07) is 13.4. The molecule has 3 aliphatic heterocycles. The van der Waals surface area contributed by atoms with Crippen molar-refractivity contribution < 1.29 is 38.1 Å². The number of benzene rings is 2. The maximum Gasteiger partial charge on any atom is 0.355 e. The van der Waals surface area contributed by atoms with Gasteiger partial charge < -0.3 is 24.1 Å². The molecule has 12 nitrogen and oxygen atoms in total. The number of nitrogens with zero attached hydrogens (tertiary/aromatic N) is 2. The van der Waals surface area contributed by atoms with E-state index < -0.39 is 51.6 Å². The van der Waals surface area contributed by atoms with E-state index in [0.29, 0.717) is 5.56 Å². The van der Waals surface area contributed by atoms with E-state index in [-0.39, 0.29) is 49.0 Å². The first-order chi connectivity index (χ1) is 18.3. The number of rotatable bonds is 8. The normalized spacial score (nSPS) is 23.0. The molecular formula is C25H23N3O9S. The van der Waals surface area contributed by atoms with E-state index in [1.54, 1.807) is 24.3 Å². The second kappa shape index (κ2) is 10.9. The van der Waals surface area contributed by atoms with Crippen molar-refractivity contribution in [3.05, 3.63) is 87.1 Å². The van der Waals surface area contributed by atoms with Crippen LogP contribution in [0.15, 0.2) is 65.9 Å². The average molecular weight is 542 g/mol. The lowest BCUT2D eigenvalue weighted by Gasteiger charge is -2.49. The summed E-state index contributed by atoms with van der Waals surface area (Å²) in [5.74, 6) is -1.97. The first-order valence-electron chi connectivity index (χ1n) is 11.7. The largest absolute Gasteiger partial charge is 0.614 e. The fourth-order valence-corrected chi connectivity index (χ4v) is 6.15. The van der Waals surface area contributed by atoms with E-state index >= 15 is 0 Å². The summed E-state index contributed by atoms with van der Waals surface area (Å²) in [4.78, 5) is 50.4. The maximum absolute atomic E-state index is 13.2. The van der Waals surface area contributed by atoms with Gasteiger partial charge in [-0.15, -0.1) is 0 Å². The molecule has 2 aromatic rings. The SMILES string of the molecule is O=C(Cc1ccccc1)NC1C(=O)N2C(C(=O)OCc3ccc([N+](=O)[O-])cc3)=C(C3OCCO3)C[S+]([O-])[C@@H]12. The third-order valence-electron chi connectivity index (χ3n) is 6.30. The summed E-state index contributed by atoms with van der Waals surface area (Å²) in [5.41, 5.74) is 1.25. The Bertz CT molecular complexity index is 1280. The van der Waals surface area contributed by atoms with Gasteiger partial charge in [-0.05, 0) is 34.4 Å². The van der Waals surface area contributed by atoms with Crippen molar-refractivity contribution >= 4 is 34.6 Å². The Kier molecular flexibility index (Phi) is 7.42. The van der Waals surface area contributed by atoms with Gasteiger partial charge in [-0.3, -0.25) is 24.6 Å². The molecule has 2 unspecified atom stereocenters. The highest BCUT2D eigenvalue weighted by Gasteiger charge is 2.62. The van der Waals surface area contributed by atoms with Crippen molar-refractivity contribution in [1.29, 1.82) is 0 Å². The van der Waals surface area contributed by atoms with E-state index in [2.05, 4.69) is 5.32 Å². The van der Waals surface area contributed by atoms with E-state index in [1.165, 1.54) is 24.3 Å². The number of β-lactam (4-membered cyclic amide) rings is 1. The summed E-state index contributed by atoms with van der Waals surface area (Å²) in [5, 5.41) is 12.6. The Balaban J connectivity index is 1.33. The predicted molar refractivity (Wildman–Crippen MR) is 131 cm³/mol. The van der Waals surface area contributed by atoms with Crippen LogP contribution in [0.2, 0.25) is 0 Å². The number of non-ortho nitro benzene ring substituents is 1. The number of esters is 1. The number of amides is 2. The molecule has 1 N–H and O–H groups in total. The van der Waals surface area contributed by atoms with Crippen LogP contribution in [0.4, 0.5) is 5.69 Å². The van der Waals surface area contributed by atoms with Crippen LogP contribution in [-0.4, -0.2) is 68.8 Å². The molecule has 2 amide bonds. The molecule has 198 valence electrons. The number of carbonyl (C=O) groups is 3. The van der Waals surface area contributed by atoms with Gasteiger partial charge in [0.2, 0.25) is 11.3 Å². The minimum atomic E-state index is -1.65. The van der Waals surface area contributed by atoms with Crippen molar-refractivity contribution in [2.45, 2.75) is 30.7 Å². The van der Waals surface area contributed by atoms with Crippen LogP contribution < -0.4 is 5.32 Å². The Hall–Kier alpha value is -3.78. The van der Waals surface area contributed by atoms with Crippen LogP contribution >= 0.6 is 0 Å². The van der Waals surface area contributed by atoms with E-state index in [1.807, 2.05) is 6.07 Å². The molecule has 3 aliphatic rings. The zero-order valence-electron chi connectivity index (χ0n) is 19.9. The number of nitro benzene ring substituents is 1. The molecule has 3 atom stereocenters. The van der Waals surface area contributed by atoms with Crippen LogP contribution in [-0.2, 0) is 52.8 Å². The van der Waals surface area contributed by atoms with Crippen LogP contribution in [0, 0.1) is 10.1 Å². The van der Waals surface area contributed by atoms with Gasteiger partial charge in [-0.25, -0.2) is 4.79 Å². The van der Waals surface area contributed by atoms with Crippen molar-refractivity contribution in [2.75, 3.05) is 19.0 Å². The molecule has 38 heavy (non-hydrogen) atoms. The Labute approximate surface area is 219 Å². The smallest absolute Gasteiger partial charge is 0.355 e. The molecule has 0 spiro atoms. The molecule has 2 aromatic carbocycles. The van der Waals surface area contributed by atoms with Gasteiger partial charge in [0.25, 0.3) is 11.6 Å². The number of hydrogen-bond acceptors (Lipinski definition) is 9. The topological polar surface area (TPSA) is 160 Å². The van der Waals surface area contributed by atoms with Crippen molar-refractivity contribution in [2.24, 2.45) is 0 Å². The lowest BCUT2D eigenvalue weighted by Crippen LogP contribution is -2.75. The molecule has 13 heteroatoms. The average Bonchev–Trinajstić information content (AvgIpc) is 3.45. The fraction of sp³-hybridized carbons (Fsp3) is 0.320. The highest BCUT2D eigenvalue weighted by Crippen LogP contribution is 2.39. The van der Waals surface area contributed by atoms with Gasteiger partial charge in [-0.2, -0.15) is 0 Å². The van der Waals surface area contributed by atoms with E-state index in [4.69, 9.17) is 14.2 Å². The number of hydrogen-bond donors (Lipinski definition) is 1. The Morgan fingerprint density at radius 2 is 1.76 bits per heavy atom. The first kappa shape index (κ1) is 25.9. The highest BCUT2D eigenvalue weighted by molar-refractivity contribution is 7.92. The second-order valence-corrected chi connectivity index (χ2v) is 10.3. The Morgan fingerprint density at radius 1 is 1.08 bits per heavy atom. The van der Waals surface area contributed by atoms with Gasteiger partial charge in [-0.1, -0.05) is 30.3 Å². The number of fused-ring (bicyclic) bond motifs is 1. The summed E-state index contributed by atoms with van der Waals surface area (Å²) >= 11 is -1.65. The Morgan fingerprint density at radius 3 is 2.42 bits per heavy atom. The summed E-state index contributed by atoms with van der Waals surface area (Å²) in [6.45, 7) is 0.315. The molecule has 5 rings (SSSR count). The zero-order valence-corrected chi connectivity index (χ0v) is 20.8. The third-order valence-corrected chi connectivity index (χ3v) is 7.91. The van der Waals surface area contributed by atoms with Gasteiger partial charge >= 0.3 is 5.97 Å². The molecular weight excluding hydrogens is 518 g/mol. The lowest BCUT2D eigenvalue weighted by molar-refractivity contribution is -0.384. The van der Waals surface area contributed by atoms with Gasteiger partial charge in [0.05, 0.1) is 30.1 Å². The first-order valence-corrected chi connectivity index (χ1v) is 13.1. The molecule has 0 aromatic heterocycles. The van der Waals surface area contributed by atoms with Gasteiger partial charge in [0.1, 0.15) is 18.1 Å². The monoisotopic (exact) mass is 541 g/mol. The molecule has 0 bridgehead atoms. The molecule has 0 aliphatic carbocycles. The van der Waals surface area contributed by atoms with Gasteiger partial charge in [0.15, 0.2) is 12.3 Å². The predicted octanol–water partition coefficient (Wildman–Crippen LogP) is 0.923. The van der Waals surface area contributed by atoms with Crippen molar-refractivity contribution in [3.63, 3.8) is 0 Å². The van der Waals surface area contributed by atoms with Crippen LogP contribution in [0.25, 0.3) is 0 Å². The molecule has 2 saturated heterocycles. The zero-order chi connectivity index (χ0) is 26.8. The molecule has 0 saturated carbocycles. The summed E-state index contributed by atoms with van der Waals surface area (Å²) in [7, 11) is 0. The molecule has 3 heterocycles. The second-order valence-electron chi connectivity index (χ2n) is 8.78. The lowest BCUT2D eigenvalue weighted by atomic mass is 10.0. The number of ether oxygens (including phenoxy) is 3. The molecule has 2 fully saturated rings. The quantitative estimate of drug-likeness (QED) is 0.168. The minimum Gasteiger partial charge on any atom is -0.614 e. The van der Waals surface area contributed by atoms with Crippen LogP contribution in [0.5, 0.6) is 0 Å². The van der Waals surface area contributed by atoms with Crippen LogP contribution in [0.3, 0.4) is 0 Å². The van der Waals surface area contributed by atoms with Crippen molar-refractivity contribution in [1.82, 2.24) is 10.2 Å². The van der Waals surface area contributed by atoms with Crippen molar-refractivity contribution in [3.8, 4) is 0 Å².